The van der Waals surface area contributed by atoms with Crippen LogP contribution in [-0.4, -0.2) is 55.9 Å². The topological polar surface area (TPSA) is 57.7 Å². The second kappa shape index (κ2) is 8.20. The minimum absolute atomic E-state index is 0.0169. The highest BCUT2D eigenvalue weighted by Gasteiger charge is 2.44. The molecule has 0 spiro atoms. The van der Waals surface area contributed by atoms with Gasteiger partial charge in [0, 0.05) is 31.2 Å². The van der Waals surface area contributed by atoms with Gasteiger partial charge in [-0.1, -0.05) is 11.6 Å². The lowest BCUT2D eigenvalue weighted by molar-refractivity contribution is -0.188. The number of rotatable bonds is 3. The van der Waals surface area contributed by atoms with Crippen molar-refractivity contribution >= 4 is 27.5 Å². The van der Waals surface area contributed by atoms with Gasteiger partial charge < -0.3 is 4.90 Å². The van der Waals surface area contributed by atoms with Gasteiger partial charge in [-0.05, 0) is 49.9 Å². The van der Waals surface area contributed by atoms with Crippen LogP contribution in [0.3, 0.4) is 0 Å². The van der Waals surface area contributed by atoms with Crippen LogP contribution in [0.4, 0.5) is 13.2 Å². The van der Waals surface area contributed by atoms with E-state index in [2.05, 4.69) is 0 Å². The standard InChI is InChI=1S/C18H22ClF3N2O3S/c19-15-5-7-16(8-6-15)28(26,27)24-10-1-3-13(11-24)17(25)23-9-2-4-14(12-23)18(20,21)22/h5-8,13-14H,1-4,9-12H2/t13-,14+/m0/s1. The van der Waals surface area contributed by atoms with Crippen molar-refractivity contribution in [2.75, 3.05) is 26.2 Å². The lowest BCUT2D eigenvalue weighted by Gasteiger charge is -2.38. The lowest BCUT2D eigenvalue weighted by Crippen LogP contribution is -2.50. The maximum absolute atomic E-state index is 13.0. The number of amides is 1. The summed E-state index contributed by atoms with van der Waals surface area (Å²) < 4.78 is 66.0. The normalized spacial score (nSPS) is 24.9. The summed E-state index contributed by atoms with van der Waals surface area (Å²) in [6, 6.07) is 5.77. The van der Waals surface area contributed by atoms with E-state index >= 15 is 0 Å². The zero-order valence-corrected chi connectivity index (χ0v) is 16.7. The molecule has 28 heavy (non-hydrogen) atoms. The van der Waals surface area contributed by atoms with Crippen molar-refractivity contribution in [2.24, 2.45) is 11.8 Å². The van der Waals surface area contributed by atoms with E-state index in [1.165, 1.54) is 33.5 Å². The van der Waals surface area contributed by atoms with Crippen molar-refractivity contribution in [3.8, 4) is 0 Å². The Labute approximate surface area is 167 Å². The second-order valence-electron chi connectivity index (χ2n) is 7.32. The maximum Gasteiger partial charge on any atom is 0.393 e. The fraction of sp³-hybridized carbons (Fsp3) is 0.611. The summed E-state index contributed by atoms with van der Waals surface area (Å²) >= 11 is 5.80. The molecule has 2 aliphatic rings. The molecule has 2 atom stereocenters. The van der Waals surface area contributed by atoms with Crippen molar-refractivity contribution in [1.29, 1.82) is 0 Å². The predicted octanol–water partition coefficient (Wildman–Crippen LogP) is 3.54. The summed E-state index contributed by atoms with van der Waals surface area (Å²) in [5.74, 6) is -2.52. The highest BCUT2D eigenvalue weighted by molar-refractivity contribution is 7.89. The Morgan fingerprint density at radius 3 is 2.32 bits per heavy atom. The summed E-state index contributed by atoms with van der Waals surface area (Å²) in [6.07, 6.45) is -3.04. The van der Waals surface area contributed by atoms with E-state index in [4.69, 9.17) is 11.6 Å². The highest BCUT2D eigenvalue weighted by Crippen LogP contribution is 2.34. The number of benzene rings is 1. The molecule has 0 aromatic heterocycles. The van der Waals surface area contributed by atoms with Gasteiger partial charge in [0.05, 0.1) is 16.7 Å². The average Bonchev–Trinajstić information content (AvgIpc) is 2.67. The molecule has 0 bridgehead atoms. The molecule has 0 unspecified atom stereocenters. The Bertz CT molecular complexity index is 814. The van der Waals surface area contributed by atoms with Crippen LogP contribution in [0, 0.1) is 11.8 Å². The summed E-state index contributed by atoms with van der Waals surface area (Å²) in [5, 5.41) is 0.412. The van der Waals surface area contributed by atoms with Crippen molar-refractivity contribution in [1.82, 2.24) is 9.21 Å². The number of hydrogen-bond acceptors (Lipinski definition) is 3. The smallest absolute Gasteiger partial charge is 0.342 e. The zero-order valence-electron chi connectivity index (χ0n) is 15.2. The van der Waals surface area contributed by atoms with Gasteiger partial charge in [-0.3, -0.25) is 4.79 Å². The van der Waals surface area contributed by atoms with Gasteiger partial charge >= 0.3 is 6.18 Å². The molecule has 0 radical (unpaired) electrons. The van der Waals surface area contributed by atoms with Crippen LogP contribution >= 0.6 is 11.6 Å². The van der Waals surface area contributed by atoms with Gasteiger partial charge in [0.25, 0.3) is 0 Å². The Kier molecular flexibility index (Phi) is 6.26. The van der Waals surface area contributed by atoms with Crippen LogP contribution in [0.15, 0.2) is 29.2 Å². The summed E-state index contributed by atoms with van der Waals surface area (Å²) in [4.78, 5) is 14.1. The first-order chi connectivity index (χ1) is 13.1. The third-order valence-corrected chi connectivity index (χ3v) is 7.51. The number of carbonyl (C=O) groups is 1. The van der Waals surface area contributed by atoms with E-state index in [-0.39, 0.29) is 43.4 Å². The molecule has 156 valence electrons. The van der Waals surface area contributed by atoms with Gasteiger partial charge in [-0.15, -0.1) is 0 Å². The van der Waals surface area contributed by atoms with E-state index in [0.29, 0.717) is 24.3 Å². The molecule has 5 nitrogen and oxygen atoms in total. The van der Waals surface area contributed by atoms with Crippen molar-refractivity contribution < 1.29 is 26.4 Å². The van der Waals surface area contributed by atoms with E-state index < -0.39 is 28.0 Å². The van der Waals surface area contributed by atoms with Gasteiger partial charge in [0.1, 0.15) is 0 Å². The number of piperidine rings is 2. The molecule has 2 heterocycles. The summed E-state index contributed by atoms with van der Waals surface area (Å²) in [6.45, 7) is 0.200. The highest BCUT2D eigenvalue weighted by atomic mass is 35.5. The van der Waals surface area contributed by atoms with E-state index in [1.54, 1.807) is 0 Å². The molecule has 0 aliphatic carbocycles. The lowest BCUT2D eigenvalue weighted by atomic mass is 9.93. The fourth-order valence-corrected chi connectivity index (χ4v) is 5.47. The maximum atomic E-state index is 13.0. The van der Waals surface area contributed by atoms with E-state index in [0.717, 1.165) is 0 Å². The van der Waals surface area contributed by atoms with Crippen LogP contribution in [0.25, 0.3) is 0 Å². The number of alkyl halides is 3. The quantitative estimate of drug-likeness (QED) is 0.725. The fourth-order valence-electron chi connectivity index (χ4n) is 3.82. The predicted molar refractivity (Wildman–Crippen MR) is 98.3 cm³/mol. The van der Waals surface area contributed by atoms with Crippen LogP contribution in [0.5, 0.6) is 0 Å². The Hall–Kier alpha value is -1.32. The molecule has 10 heteroatoms. The molecule has 1 amide bonds. The number of nitrogens with zero attached hydrogens (tertiary/aromatic N) is 2. The SMILES string of the molecule is O=C([C@H]1CCCN(S(=O)(=O)c2ccc(Cl)cc2)C1)N1CCC[C@@H](C(F)(F)F)C1. The number of hydrogen-bond donors (Lipinski definition) is 0. The number of carbonyl (C=O) groups excluding carboxylic acids is 1. The Morgan fingerprint density at radius 1 is 1.04 bits per heavy atom. The first-order valence-corrected chi connectivity index (χ1v) is 11.0. The Morgan fingerprint density at radius 2 is 1.68 bits per heavy atom. The first-order valence-electron chi connectivity index (χ1n) is 9.20. The molecular weight excluding hydrogens is 417 g/mol. The third kappa shape index (κ3) is 4.63. The van der Waals surface area contributed by atoms with Crippen LogP contribution in [0.2, 0.25) is 5.02 Å². The molecule has 0 saturated carbocycles. The van der Waals surface area contributed by atoms with Crippen molar-refractivity contribution in [3.63, 3.8) is 0 Å². The zero-order chi connectivity index (χ0) is 20.5. The van der Waals surface area contributed by atoms with Crippen molar-refractivity contribution in [2.45, 2.75) is 36.8 Å². The largest absolute Gasteiger partial charge is 0.393 e. The van der Waals surface area contributed by atoms with E-state index in [9.17, 15) is 26.4 Å². The monoisotopic (exact) mass is 438 g/mol. The molecule has 2 fully saturated rings. The molecule has 2 saturated heterocycles. The van der Waals surface area contributed by atoms with Gasteiger partial charge in [0.2, 0.25) is 15.9 Å². The molecular formula is C18H22ClF3N2O3S. The van der Waals surface area contributed by atoms with Gasteiger partial charge in [-0.2, -0.15) is 17.5 Å². The van der Waals surface area contributed by atoms with Crippen molar-refractivity contribution in [3.05, 3.63) is 29.3 Å². The summed E-state index contributed by atoms with van der Waals surface area (Å²) in [7, 11) is -3.79. The molecule has 3 rings (SSSR count). The van der Waals surface area contributed by atoms with E-state index in [1.807, 2.05) is 0 Å². The third-order valence-electron chi connectivity index (χ3n) is 5.38. The summed E-state index contributed by atoms with van der Waals surface area (Å²) in [5.41, 5.74) is 0. The minimum Gasteiger partial charge on any atom is -0.342 e. The number of likely N-dealkylation sites (tertiary alicyclic amines) is 1. The molecule has 1 aromatic carbocycles. The molecule has 0 N–H and O–H groups in total. The van der Waals surface area contributed by atoms with Gasteiger partial charge in [-0.25, -0.2) is 8.42 Å². The Balaban J connectivity index is 1.70. The first kappa shape index (κ1) is 21.4. The second-order valence-corrected chi connectivity index (χ2v) is 9.70. The van der Waals surface area contributed by atoms with Gasteiger partial charge in [0.15, 0.2) is 0 Å². The van der Waals surface area contributed by atoms with Crippen LogP contribution in [0.1, 0.15) is 25.7 Å². The average molecular weight is 439 g/mol. The van der Waals surface area contributed by atoms with Crippen LogP contribution in [-0.2, 0) is 14.8 Å². The number of halogens is 4. The minimum atomic E-state index is -4.32. The van der Waals surface area contributed by atoms with Crippen LogP contribution < -0.4 is 0 Å². The number of sulfonamides is 1. The molecule has 2 aliphatic heterocycles. The molecule has 1 aromatic rings.